The molecule has 3 heteroatoms. The summed E-state index contributed by atoms with van der Waals surface area (Å²) in [7, 11) is 0. The van der Waals surface area contributed by atoms with E-state index in [1.807, 2.05) is 24.3 Å². The third kappa shape index (κ3) is 1.03. The van der Waals surface area contributed by atoms with Crippen molar-refractivity contribution in [2.45, 2.75) is 0 Å². The summed E-state index contributed by atoms with van der Waals surface area (Å²) in [4.78, 5) is 3.97. The van der Waals surface area contributed by atoms with Gasteiger partial charge in [0.2, 0.25) is 0 Å². The van der Waals surface area contributed by atoms with E-state index < -0.39 is 0 Å². The van der Waals surface area contributed by atoms with E-state index in [9.17, 15) is 0 Å². The van der Waals surface area contributed by atoms with Gasteiger partial charge in [0.05, 0.1) is 6.20 Å². The Kier molecular flexibility index (Phi) is 1.44. The van der Waals surface area contributed by atoms with Crippen molar-refractivity contribution in [3.8, 4) is 23.0 Å². The quantitative estimate of drug-likeness (QED) is 0.539. The second-order valence-electron chi connectivity index (χ2n) is 2.97. The van der Waals surface area contributed by atoms with Crippen molar-refractivity contribution in [2.24, 2.45) is 0 Å². The van der Waals surface area contributed by atoms with Crippen LogP contribution in [0.5, 0.6) is 23.0 Å². The van der Waals surface area contributed by atoms with Crippen molar-refractivity contribution in [3.05, 3.63) is 42.7 Å². The summed E-state index contributed by atoms with van der Waals surface area (Å²) in [5.41, 5.74) is 0. The monoisotopic (exact) mass is 185 g/mol. The van der Waals surface area contributed by atoms with Gasteiger partial charge in [-0.2, -0.15) is 0 Å². The lowest BCUT2D eigenvalue weighted by molar-refractivity contribution is 0.358. The molecule has 14 heavy (non-hydrogen) atoms. The van der Waals surface area contributed by atoms with Crippen LogP contribution in [0.2, 0.25) is 0 Å². The van der Waals surface area contributed by atoms with Crippen molar-refractivity contribution in [3.63, 3.8) is 0 Å². The van der Waals surface area contributed by atoms with Gasteiger partial charge in [0.25, 0.3) is 0 Å². The zero-order chi connectivity index (χ0) is 9.38. The van der Waals surface area contributed by atoms with E-state index in [4.69, 9.17) is 9.47 Å². The van der Waals surface area contributed by atoms with E-state index >= 15 is 0 Å². The van der Waals surface area contributed by atoms with Crippen LogP contribution in [0, 0.1) is 0 Å². The highest BCUT2D eigenvalue weighted by Crippen LogP contribution is 2.43. The van der Waals surface area contributed by atoms with E-state index in [0.717, 1.165) is 11.5 Å². The lowest BCUT2D eigenvalue weighted by atomic mass is 10.3. The van der Waals surface area contributed by atoms with Crippen LogP contribution in [-0.4, -0.2) is 4.98 Å². The molecule has 3 rings (SSSR count). The topological polar surface area (TPSA) is 31.4 Å². The first-order chi connectivity index (χ1) is 6.93. The minimum atomic E-state index is 0.659. The molecule has 0 spiro atoms. The maximum absolute atomic E-state index is 5.61. The van der Waals surface area contributed by atoms with Crippen LogP contribution >= 0.6 is 0 Å². The molecule has 0 saturated carbocycles. The fourth-order valence-corrected chi connectivity index (χ4v) is 1.38. The van der Waals surface area contributed by atoms with Gasteiger partial charge in [-0.25, -0.2) is 0 Å². The second kappa shape index (κ2) is 2.73. The molecule has 0 aliphatic carbocycles. The molecule has 0 saturated heterocycles. The van der Waals surface area contributed by atoms with Crippen molar-refractivity contribution in [1.29, 1.82) is 0 Å². The average Bonchev–Trinajstić information content (AvgIpc) is 2.26. The maximum atomic E-state index is 5.61. The summed E-state index contributed by atoms with van der Waals surface area (Å²) in [5.74, 6) is 2.84. The molecule has 1 aliphatic rings. The first-order valence-corrected chi connectivity index (χ1v) is 4.32. The number of nitrogens with zero attached hydrogens (tertiary/aromatic N) is 1. The molecule has 1 aliphatic heterocycles. The molecular formula is C11H7NO2. The third-order valence-corrected chi connectivity index (χ3v) is 2.04. The number of pyridine rings is 1. The highest BCUT2D eigenvalue weighted by Gasteiger charge is 2.16. The SMILES string of the molecule is c1ccc2c(c1)Oc1ccncc1O2. The Balaban J connectivity index is 2.12. The highest BCUT2D eigenvalue weighted by atomic mass is 16.6. The Bertz CT molecular complexity index is 395. The number of benzene rings is 1. The Labute approximate surface area is 80.9 Å². The summed E-state index contributed by atoms with van der Waals surface area (Å²) in [6, 6.07) is 9.34. The van der Waals surface area contributed by atoms with Gasteiger partial charge in [-0.15, -0.1) is 0 Å². The number of hydrogen-bond donors (Lipinski definition) is 0. The minimum absolute atomic E-state index is 0.659. The van der Waals surface area contributed by atoms with Crippen LogP contribution in [0.4, 0.5) is 0 Å². The fourth-order valence-electron chi connectivity index (χ4n) is 1.38. The van der Waals surface area contributed by atoms with Gasteiger partial charge in [0, 0.05) is 12.3 Å². The number of fused-ring (bicyclic) bond motifs is 2. The Morgan fingerprint density at radius 2 is 1.43 bits per heavy atom. The summed E-state index contributed by atoms with van der Waals surface area (Å²) >= 11 is 0. The Morgan fingerprint density at radius 1 is 0.786 bits per heavy atom. The van der Waals surface area contributed by atoms with Crippen molar-refractivity contribution >= 4 is 0 Å². The van der Waals surface area contributed by atoms with Crippen molar-refractivity contribution in [2.75, 3.05) is 0 Å². The fraction of sp³-hybridized carbons (Fsp3) is 0. The van der Waals surface area contributed by atoms with Gasteiger partial charge in [-0.1, -0.05) is 12.1 Å². The molecule has 0 amide bonds. The van der Waals surface area contributed by atoms with Gasteiger partial charge in [-0.05, 0) is 12.1 Å². The molecule has 0 N–H and O–H groups in total. The van der Waals surface area contributed by atoms with Crippen LogP contribution in [0.15, 0.2) is 42.7 Å². The molecule has 1 aromatic carbocycles. The average molecular weight is 185 g/mol. The Morgan fingerprint density at radius 3 is 2.21 bits per heavy atom. The number of ether oxygens (including phenoxy) is 2. The predicted octanol–water partition coefficient (Wildman–Crippen LogP) is 2.98. The van der Waals surface area contributed by atoms with Gasteiger partial charge in [0.15, 0.2) is 23.0 Å². The van der Waals surface area contributed by atoms with Crippen LogP contribution in [-0.2, 0) is 0 Å². The van der Waals surface area contributed by atoms with Crippen molar-refractivity contribution in [1.82, 2.24) is 4.98 Å². The zero-order valence-electron chi connectivity index (χ0n) is 7.31. The second-order valence-corrected chi connectivity index (χ2v) is 2.97. The number of para-hydroxylation sites is 2. The normalized spacial score (nSPS) is 12.0. The first kappa shape index (κ1) is 7.38. The predicted molar refractivity (Wildman–Crippen MR) is 50.8 cm³/mol. The van der Waals surface area contributed by atoms with E-state index in [0.29, 0.717) is 11.5 Å². The van der Waals surface area contributed by atoms with Crippen LogP contribution in [0.1, 0.15) is 0 Å². The van der Waals surface area contributed by atoms with Crippen LogP contribution in [0.25, 0.3) is 0 Å². The standard InChI is InChI=1S/C11H7NO2/c1-2-4-9-8(3-1)13-10-5-6-12-7-11(10)14-9/h1-7H. The molecule has 0 unspecified atom stereocenters. The van der Waals surface area contributed by atoms with Crippen LogP contribution in [0.3, 0.4) is 0 Å². The largest absolute Gasteiger partial charge is 0.449 e. The maximum Gasteiger partial charge on any atom is 0.188 e. The Hall–Kier alpha value is -2.03. The summed E-state index contributed by atoms with van der Waals surface area (Å²) in [5, 5.41) is 0. The zero-order valence-corrected chi connectivity index (χ0v) is 7.31. The van der Waals surface area contributed by atoms with Crippen molar-refractivity contribution < 1.29 is 9.47 Å². The molecule has 3 nitrogen and oxygen atoms in total. The minimum Gasteiger partial charge on any atom is -0.449 e. The first-order valence-electron chi connectivity index (χ1n) is 4.32. The molecule has 68 valence electrons. The number of aromatic nitrogens is 1. The van der Waals surface area contributed by atoms with E-state index in [1.165, 1.54) is 0 Å². The van der Waals surface area contributed by atoms with Crippen LogP contribution < -0.4 is 9.47 Å². The molecule has 2 heterocycles. The lowest BCUT2D eigenvalue weighted by Crippen LogP contribution is -1.98. The molecule has 0 atom stereocenters. The van der Waals surface area contributed by atoms with E-state index in [2.05, 4.69) is 4.98 Å². The lowest BCUT2D eigenvalue weighted by Gasteiger charge is -2.19. The number of hydrogen-bond acceptors (Lipinski definition) is 3. The van der Waals surface area contributed by atoms with Gasteiger partial charge in [0.1, 0.15) is 0 Å². The van der Waals surface area contributed by atoms with E-state index in [1.54, 1.807) is 18.5 Å². The van der Waals surface area contributed by atoms with Gasteiger partial charge < -0.3 is 9.47 Å². The summed E-state index contributed by atoms with van der Waals surface area (Å²) in [6.45, 7) is 0. The summed E-state index contributed by atoms with van der Waals surface area (Å²) in [6.07, 6.45) is 3.32. The smallest absolute Gasteiger partial charge is 0.188 e. The highest BCUT2D eigenvalue weighted by molar-refractivity contribution is 5.52. The van der Waals surface area contributed by atoms with E-state index in [-0.39, 0.29) is 0 Å². The summed E-state index contributed by atoms with van der Waals surface area (Å²) < 4.78 is 11.2. The molecule has 0 fully saturated rings. The molecule has 0 bridgehead atoms. The number of rotatable bonds is 0. The molecule has 2 aromatic rings. The third-order valence-electron chi connectivity index (χ3n) is 2.04. The van der Waals surface area contributed by atoms with Gasteiger partial charge in [-0.3, -0.25) is 4.98 Å². The van der Waals surface area contributed by atoms with Gasteiger partial charge >= 0.3 is 0 Å². The molecule has 1 aromatic heterocycles. The molecule has 0 radical (unpaired) electrons. The molecular weight excluding hydrogens is 178 g/mol.